The lowest BCUT2D eigenvalue weighted by atomic mass is 9.85. The van der Waals surface area contributed by atoms with E-state index >= 15 is 0 Å². The summed E-state index contributed by atoms with van der Waals surface area (Å²) >= 11 is 1.85. The molecule has 0 saturated heterocycles. The monoisotopic (exact) mass is 271 g/mol. The molecule has 19 heavy (non-hydrogen) atoms. The molecule has 0 radical (unpaired) electrons. The van der Waals surface area contributed by atoms with Gasteiger partial charge in [-0.1, -0.05) is 44.2 Å². The van der Waals surface area contributed by atoms with Gasteiger partial charge in [-0.05, 0) is 40.8 Å². The smallest absolute Gasteiger partial charge is 0.0377 e. The minimum Gasteiger partial charge on any atom is -0.309 e. The number of thiophene rings is 1. The molecule has 1 aliphatic rings. The number of rotatable bonds is 4. The second-order valence-electron chi connectivity index (χ2n) is 6.08. The van der Waals surface area contributed by atoms with Crippen LogP contribution in [0.4, 0.5) is 0 Å². The fourth-order valence-electron chi connectivity index (χ4n) is 3.17. The second kappa shape index (κ2) is 5.10. The van der Waals surface area contributed by atoms with Crippen molar-refractivity contribution in [2.24, 2.45) is 5.41 Å². The molecule has 2 aromatic rings. The van der Waals surface area contributed by atoms with Crippen molar-refractivity contribution >= 4 is 11.3 Å². The standard InChI is InChI=1S/C17H21NS/c1-17(2)12-13-6-3-4-8-15(13)16(17)18-10-9-14-7-5-11-19-14/h3-8,11,16,18H,9-10,12H2,1-2H3. The molecule has 1 atom stereocenters. The molecule has 0 saturated carbocycles. The van der Waals surface area contributed by atoms with E-state index in [1.165, 1.54) is 22.4 Å². The first-order valence-electron chi connectivity index (χ1n) is 7.00. The van der Waals surface area contributed by atoms with Crippen molar-refractivity contribution < 1.29 is 0 Å². The van der Waals surface area contributed by atoms with Crippen molar-refractivity contribution in [3.8, 4) is 0 Å². The first-order chi connectivity index (χ1) is 9.17. The summed E-state index contributed by atoms with van der Waals surface area (Å²) in [4.78, 5) is 1.47. The molecule has 0 spiro atoms. The highest BCUT2D eigenvalue weighted by atomic mass is 32.1. The van der Waals surface area contributed by atoms with E-state index in [-0.39, 0.29) is 0 Å². The van der Waals surface area contributed by atoms with Gasteiger partial charge in [0, 0.05) is 17.5 Å². The number of nitrogens with one attached hydrogen (secondary N) is 1. The zero-order chi connectivity index (χ0) is 13.3. The van der Waals surface area contributed by atoms with Gasteiger partial charge in [-0.3, -0.25) is 0 Å². The molecule has 100 valence electrons. The van der Waals surface area contributed by atoms with Gasteiger partial charge < -0.3 is 5.32 Å². The van der Waals surface area contributed by atoms with Gasteiger partial charge in [-0.15, -0.1) is 11.3 Å². The largest absolute Gasteiger partial charge is 0.309 e. The van der Waals surface area contributed by atoms with Gasteiger partial charge in [-0.25, -0.2) is 0 Å². The Hall–Kier alpha value is -1.12. The maximum atomic E-state index is 3.77. The summed E-state index contributed by atoms with van der Waals surface area (Å²) in [6.07, 6.45) is 2.31. The van der Waals surface area contributed by atoms with Crippen LogP contribution >= 0.6 is 11.3 Å². The Bertz CT molecular complexity index is 542. The van der Waals surface area contributed by atoms with Crippen LogP contribution in [0.2, 0.25) is 0 Å². The number of hydrogen-bond donors (Lipinski definition) is 1. The van der Waals surface area contributed by atoms with Crippen molar-refractivity contribution in [1.29, 1.82) is 0 Å². The highest BCUT2D eigenvalue weighted by Crippen LogP contribution is 2.44. The molecule has 1 aromatic carbocycles. The number of fused-ring (bicyclic) bond motifs is 1. The summed E-state index contributed by atoms with van der Waals surface area (Å²) in [5.74, 6) is 0. The van der Waals surface area contributed by atoms with E-state index in [4.69, 9.17) is 0 Å². The van der Waals surface area contributed by atoms with Crippen LogP contribution in [0.25, 0.3) is 0 Å². The third-order valence-electron chi connectivity index (χ3n) is 4.09. The Labute approximate surface area is 119 Å². The Kier molecular flexibility index (Phi) is 3.46. The van der Waals surface area contributed by atoms with Crippen molar-refractivity contribution in [3.63, 3.8) is 0 Å². The summed E-state index contributed by atoms with van der Waals surface area (Å²) in [5, 5.41) is 5.93. The van der Waals surface area contributed by atoms with Gasteiger partial charge in [0.25, 0.3) is 0 Å². The summed E-state index contributed by atoms with van der Waals surface area (Å²) in [5.41, 5.74) is 3.33. The van der Waals surface area contributed by atoms with Crippen molar-refractivity contribution in [2.75, 3.05) is 6.54 Å². The molecular formula is C17H21NS. The van der Waals surface area contributed by atoms with E-state index in [1.54, 1.807) is 0 Å². The second-order valence-corrected chi connectivity index (χ2v) is 7.11. The first-order valence-corrected chi connectivity index (χ1v) is 7.88. The summed E-state index contributed by atoms with van der Waals surface area (Å²) in [6.45, 7) is 5.80. The fraction of sp³-hybridized carbons (Fsp3) is 0.412. The lowest BCUT2D eigenvalue weighted by Gasteiger charge is -2.28. The van der Waals surface area contributed by atoms with Crippen molar-refractivity contribution in [1.82, 2.24) is 5.32 Å². The van der Waals surface area contributed by atoms with Crippen LogP contribution in [0.1, 0.15) is 35.9 Å². The third kappa shape index (κ3) is 2.60. The molecule has 3 rings (SSSR count). The third-order valence-corrected chi connectivity index (χ3v) is 5.03. The van der Waals surface area contributed by atoms with Crippen LogP contribution in [-0.2, 0) is 12.8 Å². The Morgan fingerprint density at radius 1 is 1.21 bits per heavy atom. The van der Waals surface area contributed by atoms with Crippen molar-refractivity contribution in [2.45, 2.75) is 32.7 Å². The Balaban J connectivity index is 1.69. The summed E-state index contributed by atoms with van der Waals surface area (Å²) in [7, 11) is 0. The van der Waals surface area contributed by atoms with E-state index in [1.807, 2.05) is 11.3 Å². The summed E-state index contributed by atoms with van der Waals surface area (Å²) < 4.78 is 0. The van der Waals surface area contributed by atoms with E-state index in [0.717, 1.165) is 13.0 Å². The predicted molar refractivity (Wildman–Crippen MR) is 82.7 cm³/mol. The zero-order valence-electron chi connectivity index (χ0n) is 11.6. The Morgan fingerprint density at radius 3 is 2.84 bits per heavy atom. The SMILES string of the molecule is CC1(C)Cc2ccccc2C1NCCc1cccs1. The van der Waals surface area contributed by atoms with Gasteiger partial charge in [0.15, 0.2) is 0 Å². The highest BCUT2D eigenvalue weighted by molar-refractivity contribution is 7.09. The van der Waals surface area contributed by atoms with Crippen molar-refractivity contribution in [3.05, 3.63) is 57.8 Å². The fourth-order valence-corrected chi connectivity index (χ4v) is 3.88. The molecular weight excluding hydrogens is 250 g/mol. The van der Waals surface area contributed by atoms with Gasteiger partial charge in [0.2, 0.25) is 0 Å². The molecule has 1 unspecified atom stereocenters. The van der Waals surface area contributed by atoms with E-state index in [9.17, 15) is 0 Å². The molecule has 0 bridgehead atoms. The minimum atomic E-state index is 0.319. The van der Waals surface area contributed by atoms with Gasteiger partial charge in [0.05, 0.1) is 0 Å². The molecule has 0 aliphatic heterocycles. The van der Waals surface area contributed by atoms with Crippen LogP contribution in [-0.4, -0.2) is 6.54 Å². The normalized spacial score (nSPS) is 20.4. The molecule has 0 amide bonds. The average Bonchev–Trinajstić information content (AvgIpc) is 2.96. The van der Waals surface area contributed by atoms with Crippen LogP contribution < -0.4 is 5.32 Å². The first kappa shape index (κ1) is 12.9. The lowest BCUT2D eigenvalue weighted by Crippen LogP contribution is -2.32. The average molecular weight is 271 g/mol. The van der Waals surface area contributed by atoms with E-state index in [2.05, 4.69) is 60.9 Å². The predicted octanol–water partition coefficient (Wildman–Crippen LogP) is 4.20. The van der Waals surface area contributed by atoms with Crippen LogP contribution in [0.5, 0.6) is 0 Å². The Morgan fingerprint density at radius 2 is 2.05 bits per heavy atom. The molecule has 1 N–H and O–H groups in total. The maximum absolute atomic E-state index is 3.77. The molecule has 1 heterocycles. The molecule has 1 nitrogen and oxygen atoms in total. The topological polar surface area (TPSA) is 12.0 Å². The maximum Gasteiger partial charge on any atom is 0.0377 e. The molecule has 2 heteroatoms. The molecule has 1 aliphatic carbocycles. The molecule has 1 aromatic heterocycles. The zero-order valence-corrected chi connectivity index (χ0v) is 12.5. The minimum absolute atomic E-state index is 0.319. The van der Waals surface area contributed by atoms with Crippen LogP contribution in [0, 0.1) is 5.41 Å². The van der Waals surface area contributed by atoms with E-state index in [0.29, 0.717) is 11.5 Å². The van der Waals surface area contributed by atoms with Crippen LogP contribution in [0.3, 0.4) is 0 Å². The number of hydrogen-bond acceptors (Lipinski definition) is 2. The van der Waals surface area contributed by atoms with E-state index < -0.39 is 0 Å². The molecule has 0 fully saturated rings. The quantitative estimate of drug-likeness (QED) is 0.878. The summed E-state index contributed by atoms with van der Waals surface area (Å²) in [6, 6.07) is 13.7. The van der Waals surface area contributed by atoms with Gasteiger partial charge in [-0.2, -0.15) is 0 Å². The van der Waals surface area contributed by atoms with Gasteiger partial charge >= 0.3 is 0 Å². The lowest BCUT2D eigenvalue weighted by molar-refractivity contribution is 0.271. The van der Waals surface area contributed by atoms with Crippen LogP contribution in [0.15, 0.2) is 41.8 Å². The van der Waals surface area contributed by atoms with Gasteiger partial charge in [0.1, 0.15) is 0 Å². The number of benzene rings is 1. The highest BCUT2D eigenvalue weighted by Gasteiger charge is 2.37.